The van der Waals surface area contributed by atoms with Crippen molar-refractivity contribution in [2.24, 2.45) is 0 Å². The first-order valence-corrected chi connectivity index (χ1v) is 10.6. The van der Waals surface area contributed by atoms with Gasteiger partial charge in [-0.25, -0.2) is 4.68 Å². The van der Waals surface area contributed by atoms with E-state index in [9.17, 15) is 4.79 Å². The molecule has 1 saturated heterocycles. The van der Waals surface area contributed by atoms with Gasteiger partial charge < -0.3 is 4.98 Å². The molecule has 3 heterocycles. The Labute approximate surface area is 154 Å². The molecule has 0 bridgehead atoms. The molecule has 0 radical (unpaired) electrons. The largest absolute Gasteiger partial charge is 0.307 e. The Bertz CT molecular complexity index is 890. The van der Waals surface area contributed by atoms with E-state index in [4.69, 9.17) is 5.10 Å². The Morgan fingerprint density at radius 3 is 2.50 bits per heavy atom. The minimum atomic E-state index is 0.114. The zero-order valence-corrected chi connectivity index (χ0v) is 16.1. The monoisotopic (exact) mass is 354 g/mol. The van der Waals surface area contributed by atoms with Crippen LogP contribution in [0.2, 0.25) is 0 Å². The second kappa shape index (κ2) is 6.22. The van der Waals surface area contributed by atoms with Crippen LogP contribution in [-0.2, 0) is 12.8 Å². The topological polar surface area (TPSA) is 53.9 Å². The average Bonchev–Trinajstić information content (AvgIpc) is 3.18. The fraction of sp³-hybridized carbons (Fsp3) is 0.714. The lowest BCUT2D eigenvalue weighted by atomic mass is 9.88. The van der Waals surface area contributed by atoms with Crippen molar-refractivity contribution in [1.82, 2.24) is 19.7 Å². The SMILES string of the molecule is CC(C)n1nc(C2CCCN2C2CCC2)c2c3c(c(=O)[nH]c21)CCCC3. The van der Waals surface area contributed by atoms with E-state index < -0.39 is 0 Å². The van der Waals surface area contributed by atoms with Crippen LogP contribution in [0.25, 0.3) is 11.0 Å². The van der Waals surface area contributed by atoms with Crippen molar-refractivity contribution in [3.05, 3.63) is 27.2 Å². The van der Waals surface area contributed by atoms with Gasteiger partial charge in [0.05, 0.1) is 11.7 Å². The van der Waals surface area contributed by atoms with Gasteiger partial charge in [0, 0.05) is 23.0 Å². The van der Waals surface area contributed by atoms with Crippen molar-refractivity contribution in [3.63, 3.8) is 0 Å². The molecule has 5 nitrogen and oxygen atoms in total. The standard InChI is InChI=1S/C21H30N4O/c1-13(2)25-20-18(15-9-3-4-10-16(15)21(26)22-20)19(23-25)17-11-6-12-24(17)14-7-5-8-14/h13-14,17H,3-12H2,1-2H3,(H,22,26). The maximum absolute atomic E-state index is 12.7. The van der Waals surface area contributed by atoms with E-state index in [0.717, 1.165) is 36.5 Å². The first-order chi connectivity index (χ1) is 12.6. The van der Waals surface area contributed by atoms with E-state index in [2.05, 4.69) is 28.4 Å². The number of hydrogen-bond donors (Lipinski definition) is 1. The third kappa shape index (κ3) is 2.39. The molecule has 1 aliphatic heterocycles. The van der Waals surface area contributed by atoms with Crippen LogP contribution < -0.4 is 5.56 Å². The number of aryl methyl sites for hydroxylation is 1. The predicted octanol–water partition coefficient (Wildman–Crippen LogP) is 3.87. The lowest BCUT2D eigenvalue weighted by Gasteiger charge is -2.38. The van der Waals surface area contributed by atoms with Gasteiger partial charge in [0.15, 0.2) is 0 Å². The highest BCUT2D eigenvalue weighted by atomic mass is 16.1. The summed E-state index contributed by atoms with van der Waals surface area (Å²) in [6.07, 6.45) is 10.8. The molecule has 1 atom stereocenters. The summed E-state index contributed by atoms with van der Waals surface area (Å²) < 4.78 is 2.07. The zero-order valence-electron chi connectivity index (χ0n) is 16.1. The molecule has 0 amide bonds. The first kappa shape index (κ1) is 16.5. The lowest BCUT2D eigenvalue weighted by Crippen LogP contribution is -2.39. The van der Waals surface area contributed by atoms with Crippen LogP contribution in [0.3, 0.4) is 0 Å². The fourth-order valence-corrected chi connectivity index (χ4v) is 5.33. The Morgan fingerprint density at radius 2 is 1.81 bits per heavy atom. The Balaban J connectivity index is 1.72. The molecule has 1 unspecified atom stereocenters. The van der Waals surface area contributed by atoms with Gasteiger partial charge in [-0.2, -0.15) is 5.10 Å². The normalized spacial score (nSPS) is 24.3. The molecule has 2 aromatic heterocycles. The number of hydrogen-bond acceptors (Lipinski definition) is 3. The Morgan fingerprint density at radius 1 is 1.04 bits per heavy atom. The molecular weight excluding hydrogens is 324 g/mol. The van der Waals surface area contributed by atoms with Gasteiger partial charge in [-0.3, -0.25) is 9.69 Å². The highest BCUT2D eigenvalue weighted by molar-refractivity contribution is 5.84. The number of nitrogens with one attached hydrogen (secondary N) is 1. The summed E-state index contributed by atoms with van der Waals surface area (Å²) in [6, 6.07) is 1.43. The van der Waals surface area contributed by atoms with Crippen LogP contribution in [0.1, 0.15) is 87.7 Å². The van der Waals surface area contributed by atoms with Crippen LogP contribution in [0, 0.1) is 0 Å². The fourth-order valence-electron chi connectivity index (χ4n) is 5.33. The highest BCUT2D eigenvalue weighted by Crippen LogP contribution is 2.42. The van der Waals surface area contributed by atoms with Crippen LogP contribution in [0.15, 0.2) is 4.79 Å². The molecule has 2 aromatic rings. The lowest BCUT2D eigenvalue weighted by molar-refractivity contribution is 0.112. The van der Waals surface area contributed by atoms with Crippen molar-refractivity contribution in [2.45, 2.75) is 89.8 Å². The van der Waals surface area contributed by atoms with E-state index >= 15 is 0 Å². The third-order valence-electron chi connectivity index (χ3n) is 6.86. The summed E-state index contributed by atoms with van der Waals surface area (Å²) in [4.78, 5) is 18.6. The molecule has 1 saturated carbocycles. The number of rotatable bonds is 3. The summed E-state index contributed by atoms with van der Waals surface area (Å²) in [5, 5.41) is 6.40. The quantitative estimate of drug-likeness (QED) is 0.910. The summed E-state index contributed by atoms with van der Waals surface area (Å²) in [5.41, 5.74) is 4.65. The molecule has 5 rings (SSSR count). The van der Waals surface area contributed by atoms with Crippen LogP contribution >= 0.6 is 0 Å². The van der Waals surface area contributed by atoms with Gasteiger partial charge in [-0.15, -0.1) is 0 Å². The molecule has 2 fully saturated rings. The number of likely N-dealkylation sites (tertiary alicyclic amines) is 1. The molecule has 26 heavy (non-hydrogen) atoms. The van der Waals surface area contributed by atoms with E-state index in [-0.39, 0.29) is 11.6 Å². The summed E-state index contributed by atoms with van der Waals surface area (Å²) in [6.45, 7) is 5.52. The number of H-pyrrole nitrogens is 1. The van der Waals surface area contributed by atoms with E-state index in [1.807, 2.05) is 0 Å². The molecule has 5 heteroatoms. The molecule has 0 aromatic carbocycles. The number of pyridine rings is 1. The molecular formula is C21H30N4O. The minimum absolute atomic E-state index is 0.114. The Kier molecular flexibility index (Phi) is 3.96. The van der Waals surface area contributed by atoms with E-state index in [1.165, 1.54) is 61.7 Å². The molecule has 3 aliphatic rings. The van der Waals surface area contributed by atoms with Gasteiger partial charge in [-0.05, 0) is 77.3 Å². The maximum Gasteiger partial charge on any atom is 0.253 e. The van der Waals surface area contributed by atoms with Gasteiger partial charge in [0.2, 0.25) is 0 Å². The summed E-state index contributed by atoms with van der Waals surface area (Å²) in [7, 11) is 0. The van der Waals surface area contributed by atoms with Crippen molar-refractivity contribution in [3.8, 4) is 0 Å². The number of fused-ring (bicyclic) bond motifs is 3. The third-order valence-corrected chi connectivity index (χ3v) is 6.86. The number of aromatic nitrogens is 3. The number of aromatic amines is 1. The van der Waals surface area contributed by atoms with E-state index in [1.54, 1.807) is 0 Å². The second-order valence-corrected chi connectivity index (χ2v) is 8.75. The van der Waals surface area contributed by atoms with Crippen molar-refractivity contribution in [1.29, 1.82) is 0 Å². The van der Waals surface area contributed by atoms with Gasteiger partial charge in [-0.1, -0.05) is 6.42 Å². The molecule has 0 spiro atoms. The Hall–Kier alpha value is -1.62. The second-order valence-electron chi connectivity index (χ2n) is 8.75. The zero-order chi connectivity index (χ0) is 17.8. The van der Waals surface area contributed by atoms with E-state index in [0.29, 0.717) is 6.04 Å². The first-order valence-electron chi connectivity index (χ1n) is 10.6. The van der Waals surface area contributed by atoms with Crippen LogP contribution in [0.4, 0.5) is 0 Å². The van der Waals surface area contributed by atoms with Gasteiger partial charge >= 0.3 is 0 Å². The minimum Gasteiger partial charge on any atom is -0.307 e. The molecule has 140 valence electrons. The van der Waals surface area contributed by atoms with Crippen LogP contribution in [0.5, 0.6) is 0 Å². The summed E-state index contributed by atoms with van der Waals surface area (Å²) >= 11 is 0. The van der Waals surface area contributed by atoms with Crippen molar-refractivity contribution >= 4 is 11.0 Å². The molecule has 1 N–H and O–H groups in total. The maximum atomic E-state index is 12.7. The average molecular weight is 354 g/mol. The predicted molar refractivity (Wildman–Crippen MR) is 104 cm³/mol. The van der Waals surface area contributed by atoms with Gasteiger partial charge in [0.1, 0.15) is 5.65 Å². The smallest absolute Gasteiger partial charge is 0.253 e. The van der Waals surface area contributed by atoms with Crippen LogP contribution in [-0.4, -0.2) is 32.3 Å². The highest BCUT2D eigenvalue weighted by Gasteiger charge is 2.38. The van der Waals surface area contributed by atoms with Gasteiger partial charge in [0.25, 0.3) is 5.56 Å². The molecule has 2 aliphatic carbocycles. The summed E-state index contributed by atoms with van der Waals surface area (Å²) in [5.74, 6) is 0. The van der Waals surface area contributed by atoms with Crippen molar-refractivity contribution in [2.75, 3.05) is 6.54 Å². The van der Waals surface area contributed by atoms with Crippen molar-refractivity contribution < 1.29 is 0 Å². The number of nitrogens with zero attached hydrogens (tertiary/aromatic N) is 3.